The molecule has 1 spiro atoms. The van der Waals surface area contributed by atoms with Gasteiger partial charge in [0, 0.05) is 43.2 Å². The average molecular weight is 494 g/mol. The van der Waals surface area contributed by atoms with Crippen LogP contribution in [0.2, 0.25) is 0 Å². The second-order valence-electron chi connectivity index (χ2n) is 9.55. The molecule has 0 unspecified atom stereocenters. The molecule has 2 heterocycles. The molecule has 0 atom stereocenters. The summed E-state index contributed by atoms with van der Waals surface area (Å²) in [6, 6.07) is 15.5. The number of nitrogens with zero attached hydrogens (tertiary/aromatic N) is 2. The van der Waals surface area contributed by atoms with Crippen LogP contribution in [0.5, 0.6) is 0 Å². The predicted octanol–water partition coefficient (Wildman–Crippen LogP) is 5.82. The fourth-order valence-electron chi connectivity index (χ4n) is 5.18. The van der Waals surface area contributed by atoms with Crippen molar-refractivity contribution in [1.82, 2.24) is 9.80 Å². The van der Waals surface area contributed by atoms with Gasteiger partial charge in [0.15, 0.2) is 17.5 Å². The average Bonchev–Trinajstić information content (AvgIpc) is 3.31. The van der Waals surface area contributed by atoms with Gasteiger partial charge in [0.2, 0.25) is 5.91 Å². The highest BCUT2D eigenvalue weighted by Crippen LogP contribution is 2.40. The first kappa shape index (κ1) is 23.9. The zero-order valence-electron chi connectivity index (χ0n) is 19.6. The van der Waals surface area contributed by atoms with Crippen LogP contribution in [0, 0.1) is 22.9 Å². The van der Waals surface area contributed by atoms with Gasteiger partial charge in [0.05, 0.1) is 5.69 Å². The number of halogens is 3. The predicted molar refractivity (Wildman–Crippen MR) is 133 cm³/mol. The van der Waals surface area contributed by atoms with Crippen LogP contribution in [0.3, 0.4) is 0 Å². The van der Waals surface area contributed by atoms with Crippen LogP contribution < -0.4 is 5.32 Å². The Morgan fingerprint density at radius 3 is 2.31 bits per heavy atom. The molecule has 2 saturated heterocycles. The molecule has 3 aromatic carbocycles. The summed E-state index contributed by atoms with van der Waals surface area (Å²) in [7, 11) is 0. The maximum absolute atomic E-state index is 13.9. The molecule has 36 heavy (non-hydrogen) atoms. The molecule has 0 bridgehead atoms. The van der Waals surface area contributed by atoms with Gasteiger partial charge in [-0.05, 0) is 54.3 Å². The van der Waals surface area contributed by atoms with E-state index in [2.05, 4.69) is 5.32 Å². The van der Waals surface area contributed by atoms with E-state index in [9.17, 15) is 22.8 Å². The number of urea groups is 1. The number of carbonyl (C=O) groups excluding carboxylic acids is 2. The summed E-state index contributed by atoms with van der Waals surface area (Å²) in [4.78, 5) is 29.1. The van der Waals surface area contributed by atoms with Crippen LogP contribution in [-0.2, 0) is 4.79 Å². The lowest BCUT2D eigenvalue weighted by molar-refractivity contribution is -0.125. The molecule has 0 aliphatic carbocycles. The Morgan fingerprint density at radius 2 is 1.53 bits per heavy atom. The van der Waals surface area contributed by atoms with E-state index in [1.807, 2.05) is 47.4 Å². The molecule has 8 heteroatoms. The maximum atomic E-state index is 13.9. The number of likely N-dealkylation sites (tertiary alicyclic amines) is 2. The van der Waals surface area contributed by atoms with Crippen molar-refractivity contribution in [1.29, 1.82) is 0 Å². The summed E-state index contributed by atoms with van der Waals surface area (Å²) in [5, 5.41) is 5.09. The van der Waals surface area contributed by atoms with Gasteiger partial charge in [-0.25, -0.2) is 18.0 Å². The number of nitrogens with one attached hydrogen (secondary N) is 1. The Balaban J connectivity index is 1.17. The highest BCUT2D eigenvalue weighted by Gasteiger charge is 2.42. The topological polar surface area (TPSA) is 52.7 Å². The molecule has 2 aliphatic heterocycles. The van der Waals surface area contributed by atoms with Gasteiger partial charge >= 0.3 is 6.03 Å². The lowest BCUT2D eigenvalue weighted by atomic mass is 9.78. The first-order valence-corrected chi connectivity index (χ1v) is 12.0. The Morgan fingerprint density at radius 1 is 0.833 bits per heavy atom. The second-order valence-corrected chi connectivity index (χ2v) is 9.55. The third-order valence-corrected chi connectivity index (χ3v) is 7.36. The van der Waals surface area contributed by atoms with Crippen molar-refractivity contribution >= 4 is 34.5 Å². The van der Waals surface area contributed by atoms with Crippen molar-refractivity contribution in [2.75, 3.05) is 31.5 Å². The zero-order valence-corrected chi connectivity index (χ0v) is 19.6. The number of carbonyl (C=O) groups is 2. The van der Waals surface area contributed by atoms with Gasteiger partial charge in [0.1, 0.15) is 0 Å². The van der Waals surface area contributed by atoms with Crippen LogP contribution in [0.4, 0.5) is 23.7 Å². The molecule has 3 amide bonds. The number of hydrogen-bond acceptors (Lipinski definition) is 2. The van der Waals surface area contributed by atoms with Crippen LogP contribution in [0.1, 0.15) is 24.8 Å². The molecule has 5 rings (SSSR count). The minimum Gasteiger partial charge on any atom is -0.339 e. The number of amides is 3. The van der Waals surface area contributed by atoms with Crippen molar-refractivity contribution in [2.45, 2.75) is 19.3 Å². The van der Waals surface area contributed by atoms with Gasteiger partial charge in [-0.2, -0.15) is 0 Å². The summed E-state index contributed by atoms with van der Waals surface area (Å²) >= 11 is 0. The molecule has 2 fully saturated rings. The van der Waals surface area contributed by atoms with Gasteiger partial charge in [-0.3, -0.25) is 4.79 Å². The molecule has 2 aliphatic rings. The molecule has 3 aromatic rings. The molecule has 0 saturated carbocycles. The number of anilines is 1. The maximum Gasteiger partial charge on any atom is 0.321 e. The lowest BCUT2D eigenvalue weighted by Crippen LogP contribution is -2.46. The monoisotopic (exact) mass is 493 g/mol. The number of rotatable bonds is 3. The van der Waals surface area contributed by atoms with E-state index in [1.54, 1.807) is 4.90 Å². The quantitative estimate of drug-likeness (QED) is 0.370. The molecule has 0 aromatic heterocycles. The summed E-state index contributed by atoms with van der Waals surface area (Å²) < 4.78 is 40.4. The van der Waals surface area contributed by atoms with E-state index in [1.165, 1.54) is 12.2 Å². The molecule has 5 nitrogen and oxygen atoms in total. The number of fused-ring (bicyclic) bond motifs is 1. The minimum absolute atomic E-state index is 0.0625. The number of hydrogen-bond donors (Lipinski definition) is 1. The van der Waals surface area contributed by atoms with Gasteiger partial charge in [0.25, 0.3) is 0 Å². The van der Waals surface area contributed by atoms with Crippen molar-refractivity contribution in [3.8, 4) is 0 Å². The Hall–Kier alpha value is -3.81. The van der Waals surface area contributed by atoms with Crippen LogP contribution >= 0.6 is 0 Å². The van der Waals surface area contributed by atoms with E-state index < -0.39 is 17.5 Å². The molecular formula is C28H26F3N3O2. The highest BCUT2D eigenvalue weighted by molar-refractivity contribution is 6.01. The van der Waals surface area contributed by atoms with Gasteiger partial charge < -0.3 is 15.1 Å². The van der Waals surface area contributed by atoms with Gasteiger partial charge in [-0.15, -0.1) is 0 Å². The standard InChI is InChI=1S/C28H26F3N3O2/c29-22-10-8-20(25(30)26(22)31)9-11-24(35)34-17-14-28(18-34)12-15-33(16-13-28)27(36)32-23-7-3-5-19-4-1-2-6-21(19)23/h1-11H,12-18H2,(H,32,36). The molecule has 0 radical (unpaired) electrons. The van der Waals surface area contributed by atoms with Crippen LogP contribution in [-0.4, -0.2) is 47.9 Å². The first-order chi connectivity index (χ1) is 17.3. The highest BCUT2D eigenvalue weighted by atomic mass is 19.2. The Labute approximate surface area is 207 Å². The summed E-state index contributed by atoms with van der Waals surface area (Å²) in [5.74, 6) is -4.44. The minimum atomic E-state index is -1.55. The number of piperidine rings is 1. The molecule has 186 valence electrons. The van der Waals surface area contributed by atoms with Crippen molar-refractivity contribution in [2.24, 2.45) is 5.41 Å². The summed E-state index contributed by atoms with van der Waals surface area (Å²) in [6.45, 7) is 2.30. The normalized spacial score (nSPS) is 17.3. The summed E-state index contributed by atoms with van der Waals surface area (Å²) in [5.41, 5.74) is 0.536. The third-order valence-electron chi connectivity index (χ3n) is 7.36. The smallest absolute Gasteiger partial charge is 0.321 e. The van der Waals surface area contributed by atoms with E-state index in [0.29, 0.717) is 26.2 Å². The van der Waals surface area contributed by atoms with Crippen LogP contribution in [0.25, 0.3) is 16.8 Å². The van der Waals surface area contributed by atoms with Crippen molar-refractivity contribution < 1.29 is 22.8 Å². The van der Waals surface area contributed by atoms with E-state index in [0.717, 1.165) is 47.9 Å². The van der Waals surface area contributed by atoms with Crippen molar-refractivity contribution in [3.63, 3.8) is 0 Å². The van der Waals surface area contributed by atoms with Gasteiger partial charge in [-0.1, -0.05) is 36.4 Å². The van der Waals surface area contributed by atoms with E-state index >= 15 is 0 Å². The fourth-order valence-corrected chi connectivity index (χ4v) is 5.18. The Kier molecular flexibility index (Phi) is 6.43. The largest absolute Gasteiger partial charge is 0.339 e. The Bertz CT molecular complexity index is 1340. The van der Waals surface area contributed by atoms with E-state index in [4.69, 9.17) is 0 Å². The summed E-state index contributed by atoms with van der Waals surface area (Å²) in [6.07, 6.45) is 4.75. The zero-order chi connectivity index (χ0) is 25.3. The fraction of sp³-hybridized carbons (Fsp3) is 0.286. The second kappa shape index (κ2) is 9.68. The third kappa shape index (κ3) is 4.67. The van der Waals surface area contributed by atoms with Crippen LogP contribution in [0.15, 0.2) is 60.7 Å². The molecule has 1 N–H and O–H groups in total. The SMILES string of the molecule is O=C(C=Cc1ccc(F)c(F)c1F)N1CCC2(CCN(C(=O)Nc3cccc4ccccc34)CC2)C1. The molecular weight excluding hydrogens is 467 g/mol. The van der Waals surface area contributed by atoms with E-state index in [-0.39, 0.29) is 22.9 Å². The number of benzene rings is 3. The lowest BCUT2D eigenvalue weighted by Gasteiger charge is -2.39. The first-order valence-electron chi connectivity index (χ1n) is 12.0. The van der Waals surface area contributed by atoms with Crippen molar-refractivity contribution in [3.05, 3.63) is 83.7 Å².